The lowest BCUT2D eigenvalue weighted by Crippen LogP contribution is -2.39. The third-order valence-electron chi connectivity index (χ3n) is 6.72. The molecular formula is C29H25N3O8S. The van der Waals surface area contributed by atoms with Gasteiger partial charge in [-0.1, -0.05) is 17.4 Å². The van der Waals surface area contributed by atoms with Crippen molar-refractivity contribution in [1.29, 1.82) is 0 Å². The van der Waals surface area contributed by atoms with E-state index in [1.807, 2.05) is 0 Å². The smallest absolute Gasteiger partial charge is 0.338 e. The zero-order valence-electron chi connectivity index (χ0n) is 22.3. The minimum absolute atomic E-state index is 0.0962. The minimum atomic E-state index is -0.785. The summed E-state index contributed by atoms with van der Waals surface area (Å²) in [6.45, 7) is 3.73. The number of nitrogens with one attached hydrogen (secondary N) is 1. The fourth-order valence-electron chi connectivity index (χ4n) is 4.86. The van der Waals surface area contributed by atoms with Gasteiger partial charge in [0.15, 0.2) is 16.3 Å². The molecule has 0 spiro atoms. The Morgan fingerprint density at radius 3 is 2.80 bits per heavy atom. The van der Waals surface area contributed by atoms with Gasteiger partial charge in [0.2, 0.25) is 6.79 Å². The summed E-state index contributed by atoms with van der Waals surface area (Å²) in [5.41, 5.74) is 4.24. The Hall–Kier alpha value is -4.81. The molecule has 1 unspecified atom stereocenters. The number of esters is 1. The molecule has 0 aliphatic carbocycles. The largest absolute Gasteiger partial charge is 0.496 e. The van der Waals surface area contributed by atoms with Crippen molar-refractivity contribution in [3.05, 3.63) is 90.8 Å². The van der Waals surface area contributed by atoms with Crippen LogP contribution < -0.4 is 34.6 Å². The number of furan rings is 1. The van der Waals surface area contributed by atoms with E-state index in [0.29, 0.717) is 60.6 Å². The molecule has 6 rings (SSSR count). The first-order chi connectivity index (χ1) is 19.9. The number of hydrogen-bond donors (Lipinski definition) is 2. The van der Waals surface area contributed by atoms with Gasteiger partial charge in [-0.2, -0.15) is 0 Å². The van der Waals surface area contributed by atoms with Gasteiger partial charge < -0.3 is 23.4 Å². The Morgan fingerprint density at radius 2 is 2.02 bits per heavy atom. The van der Waals surface area contributed by atoms with E-state index in [1.54, 1.807) is 75.6 Å². The van der Waals surface area contributed by atoms with E-state index >= 15 is 0 Å². The zero-order chi connectivity index (χ0) is 28.7. The van der Waals surface area contributed by atoms with Gasteiger partial charge >= 0.3 is 5.97 Å². The highest BCUT2D eigenvalue weighted by molar-refractivity contribution is 7.07. The summed E-state index contributed by atoms with van der Waals surface area (Å²) in [5.74, 6) is 2.03. The average molecular weight is 576 g/mol. The number of thiazole rings is 1. The van der Waals surface area contributed by atoms with E-state index in [9.17, 15) is 14.8 Å². The van der Waals surface area contributed by atoms with E-state index in [-0.39, 0.29) is 24.5 Å². The number of ether oxygens (including phenoxy) is 4. The van der Waals surface area contributed by atoms with Crippen LogP contribution in [0.3, 0.4) is 0 Å². The third kappa shape index (κ3) is 4.66. The Kier molecular flexibility index (Phi) is 6.85. The third-order valence-corrected chi connectivity index (χ3v) is 7.71. The highest BCUT2D eigenvalue weighted by atomic mass is 32.1. The van der Waals surface area contributed by atoms with Gasteiger partial charge in [-0.3, -0.25) is 20.0 Å². The quantitative estimate of drug-likeness (QED) is 0.250. The zero-order valence-corrected chi connectivity index (χ0v) is 23.1. The van der Waals surface area contributed by atoms with Crippen molar-refractivity contribution in [3.63, 3.8) is 0 Å². The number of benzene rings is 2. The summed E-state index contributed by atoms with van der Waals surface area (Å²) >= 11 is 1.19. The number of anilines is 1. The molecule has 210 valence electrons. The normalized spacial score (nSPS) is 15.9. The molecule has 1 atom stereocenters. The first-order valence-electron chi connectivity index (χ1n) is 12.7. The molecule has 0 saturated heterocycles. The van der Waals surface area contributed by atoms with Crippen LogP contribution in [0.1, 0.15) is 31.2 Å². The van der Waals surface area contributed by atoms with Crippen LogP contribution >= 0.6 is 11.3 Å². The van der Waals surface area contributed by atoms with E-state index in [4.69, 9.17) is 23.4 Å². The van der Waals surface area contributed by atoms with E-state index < -0.39 is 12.0 Å². The van der Waals surface area contributed by atoms with Crippen LogP contribution in [0, 0.1) is 0 Å². The van der Waals surface area contributed by atoms with Crippen LogP contribution in [-0.4, -0.2) is 36.3 Å². The SMILES string of the molecule is CCOC(=O)C1=C(C)N=c2sc(=Cc3ccc(-c4cc(NO)ccc4OC)o3)c(=O)n2C1c1ccc2c(c1)OCO2. The molecule has 0 radical (unpaired) electrons. The van der Waals surface area contributed by atoms with Gasteiger partial charge in [-0.25, -0.2) is 9.79 Å². The van der Waals surface area contributed by atoms with Crippen LogP contribution in [0.2, 0.25) is 0 Å². The van der Waals surface area contributed by atoms with Gasteiger partial charge in [0.25, 0.3) is 5.56 Å². The number of carbonyl (C=O) groups excluding carboxylic acids is 1. The van der Waals surface area contributed by atoms with Crippen LogP contribution in [-0.2, 0) is 9.53 Å². The number of aromatic nitrogens is 1. The fourth-order valence-corrected chi connectivity index (χ4v) is 5.89. The number of allylic oxidation sites excluding steroid dienone is 1. The number of fused-ring (bicyclic) bond motifs is 2. The maximum atomic E-state index is 13.9. The topological polar surface area (TPSA) is 134 Å². The lowest BCUT2D eigenvalue weighted by atomic mass is 9.95. The van der Waals surface area contributed by atoms with Crippen LogP contribution in [0.4, 0.5) is 5.69 Å². The lowest BCUT2D eigenvalue weighted by Gasteiger charge is -2.24. The van der Waals surface area contributed by atoms with Gasteiger partial charge in [0, 0.05) is 6.08 Å². The molecule has 0 fully saturated rings. The van der Waals surface area contributed by atoms with E-state index in [2.05, 4.69) is 10.5 Å². The molecule has 0 saturated carbocycles. The van der Waals surface area contributed by atoms with E-state index in [1.165, 1.54) is 15.9 Å². The molecule has 2 N–H and O–H groups in total. The molecule has 2 aromatic carbocycles. The van der Waals surface area contributed by atoms with Crippen molar-refractivity contribution < 1.29 is 33.4 Å². The van der Waals surface area contributed by atoms with Crippen molar-refractivity contribution in [3.8, 4) is 28.6 Å². The fraction of sp³-hybridized carbons (Fsp3) is 0.207. The van der Waals surface area contributed by atoms with Crippen molar-refractivity contribution in [2.75, 3.05) is 26.0 Å². The predicted octanol–water partition coefficient (Wildman–Crippen LogP) is 3.60. The lowest BCUT2D eigenvalue weighted by molar-refractivity contribution is -0.139. The van der Waals surface area contributed by atoms with Crippen molar-refractivity contribution in [2.45, 2.75) is 19.9 Å². The summed E-state index contributed by atoms with van der Waals surface area (Å²) in [5, 5.41) is 9.32. The number of nitrogens with zero attached hydrogens (tertiary/aromatic N) is 2. The van der Waals surface area contributed by atoms with Gasteiger partial charge in [0.1, 0.15) is 17.3 Å². The monoisotopic (exact) mass is 575 g/mol. The Bertz CT molecular complexity index is 1880. The van der Waals surface area contributed by atoms with Crippen molar-refractivity contribution in [1.82, 2.24) is 4.57 Å². The van der Waals surface area contributed by atoms with Crippen LogP contribution in [0.15, 0.2) is 74.0 Å². The molecule has 4 aromatic rings. The van der Waals surface area contributed by atoms with Crippen molar-refractivity contribution in [2.24, 2.45) is 4.99 Å². The van der Waals surface area contributed by atoms with Gasteiger partial charge in [-0.05, 0) is 61.9 Å². The standard InChI is InChI=1S/C29H25N3O8S/c1-4-37-28(34)25-15(2)30-29-32(26(25)16-5-8-22-23(11-16)39-14-38-22)27(33)24(41-29)13-18-7-10-21(40-18)19-12-17(31-35)6-9-20(19)36-3/h5-13,26,31,35H,4,14H2,1-3H3. The Labute approximate surface area is 237 Å². The molecule has 4 heterocycles. The van der Waals surface area contributed by atoms with Crippen molar-refractivity contribution >= 4 is 29.1 Å². The highest BCUT2D eigenvalue weighted by Gasteiger charge is 2.34. The molecule has 11 nitrogen and oxygen atoms in total. The summed E-state index contributed by atoms with van der Waals surface area (Å²) in [6.07, 6.45) is 1.63. The number of carbonyl (C=O) groups is 1. The second kappa shape index (κ2) is 10.6. The first-order valence-corrected chi connectivity index (χ1v) is 13.5. The first kappa shape index (κ1) is 26.4. The van der Waals surface area contributed by atoms with E-state index in [0.717, 1.165) is 0 Å². The molecule has 41 heavy (non-hydrogen) atoms. The second-order valence-electron chi connectivity index (χ2n) is 9.14. The Morgan fingerprint density at radius 1 is 1.20 bits per heavy atom. The highest BCUT2D eigenvalue weighted by Crippen LogP contribution is 2.38. The van der Waals surface area contributed by atoms with Gasteiger partial charge in [-0.15, -0.1) is 0 Å². The molecule has 2 aliphatic heterocycles. The summed E-state index contributed by atoms with van der Waals surface area (Å²) in [7, 11) is 1.54. The van der Waals surface area contributed by atoms with Crippen LogP contribution in [0.5, 0.6) is 17.2 Å². The number of rotatable bonds is 7. The number of hydrogen-bond acceptors (Lipinski definition) is 11. The minimum Gasteiger partial charge on any atom is -0.496 e. The maximum absolute atomic E-state index is 13.9. The Balaban J connectivity index is 1.47. The molecular weight excluding hydrogens is 550 g/mol. The molecule has 12 heteroatoms. The average Bonchev–Trinajstić information content (AvgIpc) is 3.71. The summed E-state index contributed by atoms with van der Waals surface area (Å²) in [6, 6.07) is 13.1. The molecule has 0 amide bonds. The van der Waals surface area contributed by atoms with Crippen LogP contribution in [0.25, 0.3) is 17.4 Å². The molecule has 2 aromatic heterocycles. The second-order valence-corrected chi connectivity index (χ2v) is 10.2. The van der Waals surface area contributed by atoms with Gasteiger partial charge in [0.05, 0.1) is 46.8 Å². The molecule has 0 bridgehead atoms. The molecule has 2 aliphatic rings. The maximum Gasteiger partial charge on any atom is 0.338 e. The summed E-state index contributed by atoms with van der Waals surface area (Å²) in [4.78, 5) is 32.0. The number of methoxy groups -OCH3 is 1. The summed E-state index contributed by atoms with van der Waals surface area (Å²) < 4.78 is 29.7. The predicted molar refractivity (Wildman–Crippen MR) is 149 cm³/mol.